The van der Waals surface area contributed by atoms with Crippen molar-refractivity contribution in [3.63, 3.8) is 0 Å². The highest BCUT2D eigenvalue weighted by Gasteiger charge is 2.25. The third-order valence-electron chi connectivity index (χ3n) is 1.87. The normalized spacial score (nSPS) is 13.8. The second kappa shape index (κ2) is 5.55. The minimum atomic E-state index is -1.41. The summed E-state index contributed by atoms with van der Waals surface area (Å²) in [4.78, 5) is 29.6. The van der Waals surface area contributed by atoms with Gasteiger partial charge in [0, 0.05) is 0 Å². The van der Waals surface area contributed by atoms with Crippen LogP contribution in [0.2, 0.25) is 5.15 Å². The SMILES string of the molecule is C[C@@H](O)[C@H](NC(=O)c1cncc(Cl)n1)C(=O)O. The van der Waals surface area contributed by atoms with E-state index in [1.807, 2.05) is 0 Å². The number of carboxylic acids is 1. The Bertz CT molecular complexity index is 438. The van der Waals surface area contributed by atoms with Gasteiger partial charge in [-0.25, -0.2) is 9.78 Å². The maximum absolute atomic E-state index is 11.6. The number of hydrogen-bond donors (Lipinski definition) is 3. The molecule has 1 amide bonds. The van der Waals surface area contributed by atoms with Crippen LogP contribution >= 0.6 is 11.6 Å². The summed E-state index contributed by atoms with van der Waals surface area (Å²) in [5.41, 5.74) is -0.121. The molecule has 0 fully saturated rings. The van der Waals surface area contributed by atoms with E-state index in [0.29, 0.717) is 0 Å². The van der Waals surface area contributed by atoms with Crippen LogP contribution in [-0.2, 0) is 4.79 Å². The fourth-order valence-electron chi connectivity index (χ4n) is 1.06. The fraction of sp³-hybridized carbons (Fsp3) is 0.333. The highest BCUT2D eigenvalue weighted by Crippen LogP contribution is 2.03. The number of nitrogens with one attached hydrogen (secondary N) is 1. The standard InChI is InChI=1S/C9H10ClN3O4/c1-4(14)7(9(16)17)13-8(15)5-2-11-3-6(10)12-5/h2-4,7,14H,1H3,(H,13,15)(H,16,17)/t4-,7+/m1/s1. The molecule has 0 aliphatic heterocycles. The summed E-state index contributed by atoms with van der Waals surface area (Å²) in [6.45, 7) is 1.25. The van der Waals surface area contributed by atoms with Crippen LogP contribution in [0.3, 0.4) is 0 Å². The van der Waals surface area contributed by atoms with E-state index in [1.54, 1.807) is 0 Å². The quantitative estimate of drug-likeness (QED) is 0.684. The van der Waals surface area contributed by atoms with Gasteiger partial charge in [0.1, 0.15) is 10.8 Å². The Kier molecular flexibility index (Phi) is 4.36. The molecule has 0 bridgehead atoms. The minimum absolute atomic E-state index is 0.0153. The lowest BCUT2D eigenvalue weighted by Crippen LogP contribution is -2.47. The molecule has 0 radical (unpaired) electrons. The van der Waals surface area contributed by atoms with Gasteiger partial charge >= 0.3 is 5.97 Å². The van der Waals surface area contributed by atoms with Crippen LogP contribution in [0.25, 0.3) is 0 Å². The Hall–Kier alpha value is -1.73. The van der Waals surface area contributed by atoms with Crippen LogP contribution in [0.4, 0.5) is 0 Å². The molecule has 17 heavy (non-hydrogen) atoms. The molecular formula is C9H10ClN3O4. The molecule has 92 valence electrons. The maximum atomic E-state index is 11.6. The number of nitrogens with zero attached hydrogens (tertiary/aromatic N) is 2. The number of aliphatic hydroxyl groups excluding tert-OH is 1. The first kappa shape index (κ1) is 13.3. The van der Waals surface area contributed by atoms with Gasteiger partial charge in [-0.15, -0.1) is 0 Å². The number of rotatable bonds is 4. The third kappa shape index (κ3) is 3.65. The van der Waals surface area contributed by atoms with Crippen molar-refractivity contribution in [2.75, 3.05) is 0 Å². The number of carbonyl (C=O) groups excluding carboxylic acids is 1. The van der Waals surface area contributed by atoms with E-state index >= 15 is 0 Å². The average molecular weight is 260 g/mol. The first-order valence-corrected chi connectivity index (χ1v) is 4.99. The summed E-state index contributed by atoms with van der Waals surface area (Å²) in [6, 6.07) is -1.41. The molecule has 0 unspecified atom stereocenters. The van der Waals surface area contributed by atoms with Crippen molar-refractivity contribution >= 4 is 23.5 Å². The first-order valence-electron chi connectivity index (χ1n) is 4.61. The largest absolute Gasteiger partial charge is 0.480 e. The molecule has 7 nitrogen and oxygen atoms in total. The van der Waals surface area contributed by atoms with Gasteiger partial charge < -0.3 is 15.5 Å². The monoisotopic (exact) mass is 259 g/mol. The van der Waals surface area contributed by atoms with Crippen molar-refractivity contribution in [3.05, 3.63) is 23.2 Å². The van der Waals surface area contributed by atoms with Crippen molar-refractivity contribution in [2.24, 2.45) is 0 Å². The molecule has 0 saturated heterocycles. The number of aromatic nitrogens is 2. The van der Waals surface area contributed by atoms with Crippen LogP contribution in [-0.4, -0.2) is 44.2 Å². The van der Waals surface area contributed by atoms with E-state index in [-0.39, 0.29) is 10.8 Å². The first-order chi connectivity index (χ1) is 7.91. The van der Waals surface area contributed by atoms with E-state index < -0.39 is 24.0 Å². The van der Waals surface area contributed by atoms with E-state index in [9.17, 15) is 14.7 Å². The molecule has 8 heteroatoms. The Morgan fingerprint density at radius 3 is 2.59 bits per heavy atom. The van der Waals surface area contributed by atoms with Crippen molar-refractivity contribution in [3.8, 4) is 0 Å². The molecule has 0 spiro atoms. The lowest BCUT2D eigenvalue weighted by molar-refractivity contribution is -0.141. The van der Waals surface area contributed by atoms with Crippen molar-refractivity contribution in [1.29, 1.82) is 0 Å². The number of aliphatic carboxylic acids is 1. The molecule has 1 aromatic rings. The van der Waals surface area contributed by atoms with Crippen LogP contribution in [0.5, 0.6) is 0 Å². The van der Waals surface area contributed by atoms with E-state index in [0.717, 1.165) is 6.20 Å². The zero-order valence-electron chi connectivity index (χ0n) is 8.79. The summed E-state index contributed by atoms with van der Waals surface area (Å²) in [6.07, 6.45) is 1.15. The number of carboxylic acid groups (broad SMARTS) is 1. The van der Waals surface area contributed by atoms with Gasteiger partial charge in [0.2, 0.25) is 0 Å². The molecular weight excluding hydrogens is 250 g/mol. The molecule has 0 aliphatic carbocycles. The Morgan fingerprint density at radius 2 is 2.12 bits per heavy atom. The Balaban J connectivity index is 2.81. The summed E-state index contributed by atoms with van der Waals surface area (Å²) in [5, 5.41) is 20.1. The predicted molar refractivity (Wildman–Crippen MR) is 57.6 cm³/mol. The van der Waals surface area contributed by atoms with E-state index in [2.05, 4.69) is 15.3 Å². The number of hydrogen-bond acceptors (Lipinski definition) is 5. The smallest absolute Gasteiger partial charge is 0.328 e. The van der Waals surface area contributed by atoms with Crippen LogP contribution in [0.1, 0.15) is 17.4 Å². The second-order valence-electron chi connectivity index (χ2n) is 3.26. The average Bonchev–Trinajstić information content (AvgIpc) is 2.24. The maximum Gasteiger partial charge on any atom is 0.328 e. The molecule has 1 rings (SSSR count). The highest BCUT2D eigenvalue weighted by atomic mass is 35.5. The molecule has 3 N–H and O–H groups in total. The Labute approximate surface area is 101 Å². The highest BCUT2D eigenvalue weighted by molar-refractivity contribution is 6.29. The minimum Gasteiger partial charge on any atom is -0.480 e. The summed E-state index contributed by atoms with van der Waals surface area (Å²) >= 11 is 5.53. The van der Waals surface area contributed by atoms with Gasteiger partial charge in [-0.1, -0.05) is 11.6 Å². The number of aliphatic hydroxyl groups is 1. The van der Waals surface area contributed by atoms with Gasteiger partial charge in [-0.3, -0.25) is 9.78 Å². The topological polar surface area (TPSA) is 112 Å². The van der Waals surface area contributed by atoms with Gasteiger partial charge in [0.05, 0.1) is 18.5 Å². The van der Waals surface area contributed by atoms with Crippen molar-refractivity contribution in [1.82, 2.24) is 15.3 Å². The van der Waals surface area contributed by atoms with E-state index in [1.165, 1.54) is 13.1 Å². The van der Waals surface area contributed by atoms with Gasteiger partial charge in [0.25, 0.3) is 5.91 Å². The number of amides is 1. The van der Waals surface area contributed by atoms with Crippen molar-refractivity contribution < 1.29 is 19.8 Å². The third-order valence-corrected chi connectivity index (χ3v) is 2.05. The summed E-state index contributed by atoms with van der Waals surface area (Å²) < 4.78 is 0. The molecule has 0 saturated carbocycles. The van der Waals surface area contributed by atoms with Crippen molar-refractivity contribution in [2.45, 2.75) is 19.1 Å². The van der Waals surface area contributed by atoms with E-state index in [4.69, 9.17) is 16.7 Å². The van der Waals surface area contributed by atoms with Crippen LogP contribution < -0.4 is 5.32 Å². The van der Waals surface area contributed by atoms with Crippen LogP contribution in [0.15, 0.2) is 12.4 Å². The fourth-order valence-corrected chi connectivity index (χ4v) is 1.20. The predicted octanol–water partition coefficient (Wildman–Crippen LogP) is -0.306. The Morgan fingerprint density at radius 1 is 1.47 bits per heavy atom. The molecule has 0 aromatic carbocycles. The summed E-state index contributed by atoms with van der Waals surface area (Å²) in [7, 11) is 0. The lowest BCUT2D eigenvalue weighted by Gasteiger charge is -2.16. The molecule has 0 aliphatic rings. The zero-order chi connectivity index (χ0) is 13.0. The molecule has 1 aromatic heterocycles. The molecule has 2 atom stereocenters. The lowest BCUT2D eigenvalue weighted by atomic mass is 10.2. The van der Waals surface area contributed by atoms with Gasteiger partial charge in [-0.2, -0.15) is 0 Å². The number of carbonyl (C=O) groups is 2. The second-order valence-corrected chi connectivity index (χ2v) is 3.64. The zero-order valence-corrected chi connectivity index (χ0v) is 9.55. The van der Waals surface area contributed by atoms with Gasteiger partial charge in [0.15, 0.2) is 6.04 Å². The summed E-state index contributed by atoms with van der Waals surface area (Å²) in [5.74, 6) is -2.11. The molecule has 1 heterocycles. The van der Waals surface area contributed by atoms with Gasteiger partial charge in [-0.05, 0) is 6.92 Å². The number of halogens is 1. The van der Waals surface area contributed by atoms with Crippen LogP contribution in [0, 0.1) is 0 Å².